The van der Waals surface area contributed by atoms with Gasteiger partial charge in [-0.2, -0.15) is 0 Å². The lowest BCUT2D eigenvalue weighted by molar-refractivity contribution is -0.122. The zero-order chi connectivity index (χ0) is 11.7. The maximum atomic E-state index is 11.5. The number of amides is 1. The van der Waals surface area contributed by atoms with Crippen LogP contribution in [0.5, 0.6) is 0 Å². The fraction of sp³-hybridized carbons (Fsp3) is 0.400. The summed E-state index contributed by atoms with van der Waals surface area (Å²) in [7, 11) is 0. The van der Waals surface area contributed by atoms with Crippen molar-refractivity contribution in [3.8, 4) is 0 Å². The Morgan fingerprint density at radius 2 is 2.44 bits per heavy atom. The molecule has 1 amide bonds. The van der Waals surface area contributed by atoms with Crippen LogP contribution in [0, 0.1) is 0 Å². The third-order valence-corrected chi connectivity index (χ3v) is 3.07. The van der Waals surface area contributed by atoms with E-state index in [1.54, 1.807) is 12.3 Å². The van der Waals surface area contributed by atoms with E-state index >= 15 is 0 Å². The van der Waals surface area contributed by atoms with E-state index in [1.165, 1.54) is 0 Å². The number of nitrogens with two attached hydrogens (primary N) is 1. The van der Waals surface area contributed by atoms with Gasteiger partial charge in [0.05, 0.1) is 5.69 Å². The molecule has 1 unspecified atom stereocenters. The first-order chi connectivity index (χ1) is 7.59. The van der Waals surface area contributed by atoms with Gasteiger partial charge in [0.2, 0.25) is 5.91 Å². The first-order valence-electron chi connectivity index (χ1n) is 5.05. The van der Waals surface area contributed by atoms with E-state index in [9.17, 15) is 4.79 Å². The Bertz CT molecular complexity index is 423. The van der Waals surface area contributed by atoms with Crippen LogP contribution >= 0.6 is 15.9 Å². The molecular weight excluding hydrogens is 272 g/mol. The minimum absolute atomic E-state index is 0.00960. The van der Waals surface area contributed by atoms with Crippen molar-refractivity contribution >= 4 is 33.3 Å². The van der Waals surface area contributed by atoms with Crippen LogP contribution in [0.25, 0.3) is 0 Å². The molecule has 2 heterocycles. The summed E-state index contributed by atoms with van der Waals surface area (Å²) in [6, 6.07) is 1.56. The van der Waals surface area contributed by atoms with Crippen LogP contribution in [0.3, 0.4) is 0 Å². The number of carbonyl (C=O) groups is 1. The maximum Gasteiger partial charge on any atom is 0.242 e. The van der Waals surface area contributed by atoms with Gasteiger partial charge in [-0.1, -0.05) is 0 Å². The van der Waals surface area contributed by atoms with Crippen molar-refractivity contribution < 1.29 is 4.79 Å². The van der Waals surface area contributed by atoms with Gasteiger partial charge in [-0.05, 0) is 28.9 Å². The molecule has 1 aliphatic heterocycles. The molecule has 0 aromatic carbocycles. The van der Waals surface area contributed by atoms with E-state index in [0.29, 0.717) is 18.1 Å². The molecule has 0 radical (unpaired) electrons. The number of hydrogen-bond acceptors (Lipinski definition) is 4. The number of nitrogen functional groups attached to an aromatic ring is 1. The summed E-state index contributed by atoms with van der Waals surface area (Å²) < 4.78 is 0.836. The Labute approximate surface area is 102 Å². The molecule has 0 saturated carbocycles. The van der Waals surface area contributed by atoms with Crippen molar-refractivity contribution in [2.75, 3.05) is 23.7 Å². The number of halogens is 1. The number of piperazine rings is 1. The molecule has 1 fully saturated rings. The standard InChI is InChI=1S/C10H13BrN4O/c1-6-10(16)13-2-3-15(6)9-8(12)4-7(11)5-14-9/h4-6H,2-3,12H2,1H3,(H,13,16). The Morgan fingerprint density at radius 1 is 1.69 bits per heavy atom. The average molecular weight is 285 g/mol. The van der Waals surface area contributed by atoms with Gasteiger partial charge in [-0.25, -0.2) is 4.98 Å². The minimum Gasteiger partial charge on any atom is -0.396 e. The molecule has 6 heteroatoms. The summed E-state index contributed by atoms with van der Waals surface area (Å²) in [4.78, 5) is 17.7. The second-order valence-corrected chi connectivity index (χ2v) is 4.64. The maximum absolute atomic E-state index is 11.5. The molecule has 3 N–H and O–H groups in total. The van der Waals surface area contributed by atoms with E-state index in [4.69, 9.17) is 5.73 Å². The highest BCUT2D eigenvalue weighted by Crippen LogP contribution is 2.25. The molecule has 1 saturated heterocycles. The zero-order valence-corrected chi connectivity index (χ0v) is 10.5. The lowest BCUT2D eigenvalue weighted by atomic mass is 10.2. The predicted octanol–water partition coefficient (Wildman–Crippen LogP) is 0.751. The monoisotopic (exact) mass is 284 g/mol. The first-order valence-corrected chi connectivity index (χ1v) is 5.84. The second kappa shape index (κ2) is 4.29. The highest BCUT2D eigenvalue weighted by molar-refractivity contribution is 9.10. The molecule has 1 aromatic heterocycles. The first kappa shape index (κ1) is 11.2. The van der Waals surface area contributed by atoms with Gasteiger partial charge in [0, 0.05) is 23.8 Å². The van der Waals surface area contributed by atoms with Crippen LogP contribution in [0.4, 0.5) is 11.5 Å². The number of carbonyl (C=O) groups excluding carboxylic acids is 1. The van der Waals surface area contributed by atoms with Crippen molar-refractivity contribution in [1.82, 2.24) is 10.3 Å². The topological polar surface area (TPSA) is 71.2 Å². The van der Waals surface area contributed by atoms with Crippen molar-refractivity contribution in [1.29, 1.82) is 0 Å². The number of rotatable bonds is 1. The molecule has 1 aliphatic rings. The Hall–Kier alpha value is -1.30. The number of pyridine rings is 1. The van der Waals surface area contributed by atoms with E-state index < -0.39 is 0 Å². The third kappa shape index (κ3) is 1.97. The SMILES string of the molecule is CC1C(=O)NCCN1c1ncc(Br)cc1N. The normalized spacial score (nSPS) is 20.8. The third-order valence-electron chi connectivity index (χ3n) is 2.63. The Morgan fingerprint density at radius 3 is 3.12 bits per heavy atom. The molecule has 0 spiro atoms. The van der Waals surface area contributed by atoms with Gasteiger partial charge in [0.25, 0.3) is 0 Å². The Kier molecular flexibility index (Phi) is 3.00. The molecular formula is C10H13BrN4O. The molecule has 2 rings (SSSR count). The van der Waals surface area contributed by atoms with Crippen LogP contribution in [0.15, 0.2) is 16.7 Å². The molecule has 86 valence electrons. The number of hydrogen-bond donors (Lipinski definition) is 2. The van der Waals surface area contributed by atoms with E-state index in [-0.39, 0.29) is 11.9 Å². The Balaban J connectivity index is 2.32. The van der Waals surface area contributed by atoms with E-state index in [2.05, 4.69) is 26.2 Å². The van der Waals surface area contributed by atoms with E-state index in [0.717, 1.165) is 11.0 Å². The van der Waals surface area contributed by atoms with E-state index in [1.807, 2.05) is 11.8 Å². The zero-order valence-electron chi connectivity index (χ0n) is 8.90. The van der Waals surface area contributed by atoms with Crippen LogP contribution in [-0.4, -0.2) is 30.0 Å². The fourth-order valence-corrected chi connectivity index (χ4v) is 2.11. The van der Waals surface area contributed by atoms with Gasteiger partial charge in [0.15, 0.2) is 5.82 Å². The average Bonchev–Trinajstić information content (AvgIpc) is 2.23. The van der Waals surface area contributed by atoms with Gasteiger partial charge in [0.1, 0.15) is 6.04 Å². The number of nitrogens with one attached hydrogen (secondary N) is 1. The molecule has 1 atom stereocenters. The molecule has 0 aliphatic carbocycles. The summed E-state index contributed by atoms with van der Waals surface area (Å²) in [5.41, 5.74) is 6.47. The van der Waals surface area contributed by atoms with Crippen molar-refractivity contribution in [3.05, 3.63) is 16.7 Å². The summed E-state index contributed by atoms with van der Waals surface area (Å²) in [6.45, 7) is 3.20. The van der Waals surface area contributed by atoms with Crippen LogP contribution in [-0.2, 0) is 4.79 Å². The highest BCUT2D eigenvalue weighted by atomic mass is 79.9. The van der Waals surface area contributed by atoms with Crippen molar-refractivity contribution in [3.63, 3.8) is 0 Å². The lowest BCUT2D eigenvalue weighted by Gasteiger charge is -2.34. The molecule has 5 nitrogen and oxygen atoms in total. The summed E-state index contributed by atoms with van der Waals surface area (Å²) in [5.74, 6) is 0.681. The summed E-state index contributed by atoms with van der Waals surface area (Å²) in [6.07, 6.45) is 1.69. The lowest BCUT2D eigenvalue weighted by Crippen LogP contribution is -2.54. The molecule has 16 heavy (non-hydrogen) atoms. The molecule has 1 aromatic rings. The smallest absolute Gasteiger partial charge is 0.242 e. The van der Waals surface area contributed by atoms with Gasteiger partial charge < -0.3 is 16.0 Å². The van der Waals surface area contributed by atoms with Crippen LogP contribution in [0.2, 0.25) is 0 Å². The summed E-state index contributed by atoms with van der Waals surface area (Å²) in [5, 5.41) is 2.80. The highest BCUT2D eigenvalue weighted by Gasteiger charge is 2.27. The number of nitrogens with zero attached hydrogens (tertiary/aromatic N) is 2. The van der Waals surface area contributed by atoms with Crippen LogP contribution < -0.4 is 16.0 Å². The number of anilines is 2. The minimum atomic E-state index is -0.232. The van der Waals surface area contributed by atoms with Gasteiger partial charge >= 0.3 is 0 Å². The number of aromatic nitrogens is 1. The fourth-order valence-electron chi connectivity index (χ4n) is 1.76. The summed E-state index contributed by atoms with van der Waals surface area (Å²) >= 11 is 3.31. The predicted molar refractivity (Wildman–Crippen MR) is 66.2 cm³/mol. The quantitative estimate of drug-likeness (QED) is 0.799. The molecule has 0 bridgehead atoms. The van der Waals surface area contributed by atoms with Gasteiger partial charge in [-0.15, -0.1) is 0 Å². The van der Waals surface area contributed by atoms with Crippen LogP contribution in [0.1, 0.15) is 6.92 Å². The van der Waals surface area contributed by atoms with Crippen molar-refractivity contribution in [2.24, 2.45) is 0 Å². The van der Waals surface area contributed by atoms with Gasteiger partial charge in [-0.3, -0.25) is 4.79 Å². The largest absolute Gasteiger partial charge is 0.396 e. The van der Waals surface area contributed by atoms with Crippen molar-refractivity contribution in [2.45, 2.75) is 13.0 Å². The second-order valence-electron chi connectivity index (χ2n) is 3.73.